The van der Waals surface area contributed by atoms with E-state index in [0.29, 0.717) is 17.1 Å². The molecular formula is C13H11BrN4O4. The maximum atomic E-state index is 10.5. The molecule has 0 fully saturated rings. The minimum absolute atomic E-state index is 0.0482. The summed E-state index contributed by atoms with van der Waals surface area (Å²) in [5.74, 6) is 0.598. The zero-order chi connectivity index (χ0) is 16.1. The first-order valence-corrected chi connectivity index (χ1v) is 6.76. The maximum absolute atomic E-state index is 10.5. The number of nitro groups is 1. The number of hydrazone groups is 1. The number of methoxy groups -OCH3 is 1. The average molecular weight is 367 g/mol. The standard InChI is InChI=1S/C13H11BrN4O4/c1-22-11-5-9(14)4-8(13(11)19)6-16-17-12-3-2-10(7-15-12)18(20)21/h2-7,19H,1H3,(H,15,17)/b16-6-. The smallest absolute Gasteiger partial charge is 0.287 e. The summed E-state index contributed by atoms with van der Waals surface area (Å²) >= 11 is 3.30. The number of anilines is 1. The van der Waals surface area contributed by atoms with Crippen LogP contribution in [0.1, 0.15) is 5.56 Å². The second-order valence-corrected chi connectivity index (χ2v) is 4.99. The molecule has 0 saturated carbocycles. The van der Waals surface area contributed by atoms with Crippen molar-refractivity contribution < 1.29 is 14.8 Å². The third-order valence-corrected chi connectivity index (χ3v) is 3.09. The molecule has 0 aliphatic rings. The molecule has 1 heterocycles. The first kappa shape index (κ1) is 15.7. The summed E-state index contributed by atoms with van der Waals surface area (Å²) in [7, 11) is 1.45. The van der Waals surface area contributed by atoms with Crippen molar-refractivity contribution in [2.45, 2.75) is 0 Å². The fourth-order valence-electron chi connectivity index (χ4n) is 1.58. The van der Waals surface area contributed by atoms with Gasteiger partial charge in [-0.05, 0) is 18.2 Å². The predicted octanol–water partition coefficient (Wildman–Crippen LogP) is 2.91. The van der Waals surface area contributed by atoms with Gasteiger partial charge < -0.3 is 9.84 Å². The summed E-state index contributed by atoms with van der Waals surface area (Å²) in [5.41, 5.74) is 2.94. The van der Waals surface area contributed by atoms with Crippen LogP contribution in [0.15, 0.2) is 40.0 Å². The van der Waals surface area contributed by atoms with Crippen molar-refractivity contribution >= 4 is 33.6 Å². The molecule has 2 N–H and O–H groups in total. The maximum Gasteiger partial charge on any atom is 0.287 e. The lowest BCUT2D eigenvalue weighted by Crippen LogP contribution is -1.96. The Morgan fingerprint density at radius 2 is 2.27 bits per heavy atom. The Morgan fingerprint density at radius 1 is 1.50 bits per heavy atom. The number of rotatable bonds is 5. The van der Waals surface area contributed by atoms with E-state index in [-0.39, 0.29) is 11.4 Å². The highest BCUT2D eigenvalue weighted by Crippen LogP contribution is 2.32. The van der Waals surface area contributed by atoms with Crippen LogP contribution in [0.25, 0.3) is 0 Å². The van der Waals surface area contributed by atoms with E-state index in [1.54, 1.807) is 12.1 Å². The summed E-state index contributed by atoms with van der Waals surface area (Å²) < 4.78 is 5.75. The molecule has 0 radical (unpaired) electrons. The molecule has 1 aromatic carbocycles. The quantitative estimate of drug-likeness (QED) is 0.478. The van der Waals surface area contributed by atoms with E-state index in [0.717, 1.165) is 10.7 Å². The van der Waals surface area contributed by atoms with Gasteiger partial charge in [-0.15, -0.1) is 0 Å². The zero-order valence-corrected chi connectivity index (χ0v) is 12.9. The summed E-state index contributed by atoms with van der Waals surface area (Å²) in [6.07, 6.45) is 2.50. The Bertz CT molecular complexity index is 719. The first-order chi connectivity index (χ1) is 10.5. The van der Waals surface area contributed by atoms with Crippen molar-refractivity contribution in [1.29, 1.82) is 0 Å². The normalized spacial score (nSPS) is 10.6. The first-order valence-electron chi connectivity index (χ1n) is 5.97. The van der Waals surface area contributed by atoms with Crippen LogP contribution in [-0.4, -0.2) is 28.3 Å². The molecule has 9 heteroatoms. The fraction of sp³-hybridized carbons (Fsp3) is 0.0769. The largest absolute Gasteiger partial charge is 0.504 e. The highest BCUT2D eigenvalue weighted by molar-refractivity contribution is 9.10. The van der Waals surface area contributed by atoms with E-state index in [4.69, 9.17) is 4.74 Å². The second-order valence-electron chi connectivity index (χ2n) is 4.07. The van der Waals surface area contributed by atoms with Gasteiger partial charge in [0.2, 0.25) is 0 Å². The Balaban J connectivity index is 2.12. The van der Waals surface area contributed by atoms with E-state index < -0.39 is 4.92 Å². The van der Waals surface area contributed by atoms with E-state index in [2.05, 4.69) is 31.4 Å². The SMILES string of the molecule is COc1cc(Br)cc(/C=N\Nc2ccc([N+](=O)[O-])cn2)c1O. The summed E-state index contributed by atoms with van der Waals surface area (Å²) in [6, 6.07) is 6.02. The number of pyridine rings is 1. The van der Waals surface area contributed by atoms with Gasteiger partial charge in [0.25, 0.3) is 5.69 Å². The molecule has 8 nitrogen and oxygen atoms in total. The van der Waals surface area contributed by atoms with Crippen molar-refractivity contribution in [3.63, 3.8) is 0 Å². The van der Waals surface area contributed by atoms with Crippen LogP contribution in [0, 0.1) is 10.1 Å². The van der Waals surface area contributed by atoms with Gasteiger partial charge in [0, 0.05) is 16.1 Å². The van der Waals surface area contributed by atoms with Crippen molar-refractivity contribution in [2.24, 2.45) is 5.10 Å². The number of nitrogens with zero attached hydrogens (tertiary/aromatic N) is 3. The van der Waals surface area contributed by atoms with Gasteiger partial charge in [-0.1, -0.05) is 15.9 Å². The van der Waals surface area contributed by atoms with Gasteiger partial charge in [0.15, 0.2) is 11.5 Å². The van der Waals surface area contributed by atoms with Crippen molar-refractivity contribution in [3.05, 3.63) is 50.6 Å². The van der Waals surface area contributed by atoms with Crippen molar-refractivity contribution in [3.8, 4) is 11.5 Å². The molecular weight excluding hydrogens is 356 g/mol. The van der Waals surface area contributed by atoms with E-state index in [1.807, 2.05) is 0 Å². The number of halogens is 1. The Labute approximate surface area is 133 Å². The molecule has 0 amide bonds. The highest BCUT2D eigenvalue weighted by Gasteiger charge is 2.08. The third kappa shape index (κ3) is 3.70. The zero-order valence-electron chi connectivity index (χ0n) is 11.4. The molecule has 0 spiro atoms. The van der Waals surface area contributed by atoms with Crippen LogP contribution in [0.5, 0.6) is 11.5 Å². The minimum Gasteiger partial charge on any atom is -0.504 e. The van der Waals surface area contributed by atoms with E-state index in [9.17, 15) is 15.2 Å². The van der Waals surface area contributed by atoms with E-state index in [1.165, 1.54) is 25.5 Å². The fourth-order valence-corrected chi connectivity index (χ4v) is 2.03. The molecule has 22 heavy (non-hydrogen) atoms. The van der Waals surface area contributed by atoms with E-state index >= 15 is 0 Å². The Hall–Kier alpha value is -2.68. The molecule has 0 aliphatic heterocycles. The van der Waals surface area contributed by atoms with Crippen LogP contribution >= 0.6 is 15.9 Å². The predicted molar refractivity (Wildman–Crippen MR) is 84.5 cm³/mol. The van der Waals surface area contributed by atoms with Gasteiger partial charge in [0.1, 0.15) is 12.0 Å². The molecule has 0 atom stereocenters. The number of benzene rings is 1. The molecule has 0 bridgehead atoms. The number of phenolic OH excluding ortho intramolecular Hbond substituents is 1. The molecule has 0 saturated heterocycles. The second kappa shape index (κ2) is 6.85. The van der Waals surface area contributed by atoms with Crippen LogP contribution in [-0.2, 0) is 0 Å². The van der Waals surface area contributed by atoms with Crippen molar-refractivity contribution in [2.75, 3.05) is 12.5 Å². The summed E-state index contributed by atoms with van der Waals surface area (Å²) in [5, 5.41) is 24.4. The highest BCUT2D eigenvalue weighted by atomic mass is 79.9. The lowest BCUT2D eigenvalue weighted by atomic mass is 10.2. The number of aromatic nitrogens is 1. The lowest BCUT2D eigenvalue weighted by molar-refractivity contribution is -0.385. The van der Waals surface area contributed by atoms with Crippen LogP contribution < -0.4 is 10.2 Å². The summed E-state index contributed by atoms with van der Waals surface area (Å²) in [6.45, 7) is 0. The topological polar surface area (TPSA) is 110 Å². The monoisotopic (exact) mass is 366 g/mol. The van der Waals surface area contributed by atoms with Gasteiger partial charge in [-0.2, -0.15) is 5.10 Å². The van der Waals surface area contributed by atoms with Crippen LogP contribution in [0.3, 0.4) is 0 Å². The molecule has 114 valence electrons. The number of phenols is 1. The number of nitrogens with one attached hydrogen (secondary N) is 1. The molecule has 2 rings (SSSR count). The Kier molecular flexibility index (Phi) is 4.89. The third-order valence-electron chi connectivity index (χ3n) is 2.63. The number of hydrogen-bond acceptors (Lipinski definition) is 7. The molecule has 2 aromatic rings. The number of hydrogen-bond donors (Lipinski definition) is 2. The molecule has 1 aromatic heterocycles. The number of ether oxygens (including phenoxy) is 1. The summed E-state index contributed by atoms with van der Waals surface area (Å²) in [4.78, 5) is 13.8. The molecule has 0 unspecified atom stereocenters. The van der Waals surface area contributed by atoms with Gasteiger partial charge in [0.05, 0.1) is 18.2 Å². The minimum atomic E-state index is -0.536. The number of aromatic hydroxyl groups is 1. The van der Waals surface area contributed by atoms with Gasteiger partial charge >= 0.3 is 0 Å². The Morgan fingerprint density at radius 3 is 2.86 bits per heavy atom. The lowest BCUT2D eigenvalue weighted by Gasteiger charge is -2.06. The average Bonchev–Trinajstić information content (AvgIpc) is 2.50. The van der Waals surface area contributed by atoms with Gasteiger partial charge in [-0.25, -0.2) is 4.98 Å². The van der Waals surface area contributed by atoms with Crippen LogP contribution in [0.4, 0.5) is 11.5 Å². The van der Waals surface area contributed by atoms with Crippen LogP contribution in [0.2, 0.25) is 0 Å². The van der Waals surface area contributed by atoms with Gasteiger partial charge in [-0.3, -0.25) is 15.5 Å². The van der Waals surface area contributed by atoms with Crippen molar-refractivity contribution in [1.82, 2.24) is 4.98 Å². The molecule has 0 aliphatic carbocycles.